The molecule has 0 saturated carbocycles. The summed E-state index contributed by atoms with van der Waals surface area (Å²) in [5.41, 5.74) is 3.17. The van der Waals surface area contributed by atoms with Crippen LogP contribution in [0.25, 0.3) is 16.8 Å². The summed E-state index contributed by atoms with van der Waals surface area (Å²) in [5.74, 6) is 0. The Hall–Kier alpha value is -1.97. The Labute approximate surface area is 131 Å². The minimum atomic E-state index is -0.157. The average molecular weight is 319 g/mol. The molecule has 0 radical (unpaired) electrons. The highest BCUT2D eigenvalue weighted by atomic mass is 35.5. The molecule has 0 amide bonds. The predicted molar refractivity (Wildman–Crippen MR) is 86.6 cm³/mol. The van der Waals surface area contributed by atoms with Gasteiger partial charge in [-0.1, -0.05) is 53.0 Å². The SMILES string of the molecule is Cc1ccc(-c2cn(-c3cc(Cl)cc(Cl)c3)[nH]c2=O)cc1. The highest BCUT2D eigenvalue weighted by molar-refractivity contribution is 6.34. The van der Waals surface area contributed by atoms with Gasteiger partial charge in [0, 0.05) is 16.2 Å². The summed E-state index contributed by atoms with van der Waals surface area (Å²) in [7, 11) is 0. The molecular formula is C16H12Cl2N2O. The zero-order valence-electron chi connectivity index (χ0n) is 11.2. The summed E-state index contributed by atoms with van der Waals surface area (Å²) in [6.07, 6.45) is 1.75. The summed E-state index contributed by atoms with van der Waals surface area (Å²) in [4.78, 5) is 12.1. The van der Waals surface area contributed by atoms with Crippen LogP contribution in [-0.2, 0) is 0 Å². The van der Waals surface area contributed by atoms with Gasteiger partial charge in [0.1, 0.15) is 0 Å². The molecule has 3 rings (SSSR count). The van der Waals surface area contributed by atoms with Gasteiger partial charge in [0.2, 0.25) is 0 Å². The number of benzene rings is 2. The van der Waals surface area contributed by atoms with E-state index in [0.717, 1.165) is 11.1 Å². The first-order valence-electron chi connectivity index (χ1n) is 6.38. The van der Waals surface area contributed by atoms with E-state index < -0.39 is 0 Å². The van der Waals surface area contributed by atoms with Crippen molar-refractivity contribution in [2.75, 3.05) is 0 Å². The molecule has 0 saturated heterocycles. The fraction of sp³-hybridized carbons (Fsp3) is 0.0625. The first-order chi connectivity index (χ1) is 10.0. The second-order valence-corrected chi connectivity index (χ2v) is 5.72. The fourth-order valence-electron chi connectivity index (χ4n) is 2.15. The van der Waals surface area contributed by atoms with Crippen LogP contribution in [-0.4, -0.2) is 9.78 Å². The number of H-pyrrole nitrogens is 1. The first kappa shape index (κ1) is 14.0. The second-order valence-electron chi connectivity index (χ2n) is 4.85. The van der Waals surface area contributed by atoms with Gasteiger partial charge in [-0.2, -0.15) is 0 Å². The van der Waals surface area contributed by atoms with E-state index in [9.17, 15) is 4.79 Å². The van der Waals surface area contributed by atoms with Gasteiger partial charge in [-0.05, 0) is 30.7 Å². The number of hydrogen-bond acceptors (Lipinski definition) is 1. The van der Waals surface area contributed by atoms with Crippen LogP contribution < -0.4 is 5.56 Å². The Morgan fingerprint density at radius 2 is 1.62 bits per heavy atom. The number of aromatic amines is 1. The van der Waals surface area contributed by atoms with E-state index in [2.05, 4.69) is 5.10 Å². The van der Waals surface area contributed by atoms with Crippen molar-refractivity contribution in [1.82, 2.24) is 9.78 Å². The lowest BCUT2D eigenvalue weighted by Gasteiger charge is -2.03. The molecule has 0 fully saturated rings. The first-order valence-corrected chi connectivity index (χ1v) is 7.14. The predicted octanol–water partition coefficient (Wildman–Crippen LogP) is 4.45. The van der Waals surface area contributed by atoms with Gasteiger partial charge < -0.3 is 0 Å². The molecule has 3 nitrogen and oxygen atoms in total. The monoisotopic (exact) mass is 318 g/mol. The van der Waals surface area contributed by atoms with Gasteiger partial charge in [0.15, 0.2) is 0 Å². The standard InChI is InChI=1S/C16H12Cl2N2O/c1-10-2-4-11(5-3-10)15-9-20(19-16(15)21)14-7-12(17)6-13(18)8-14/h2-9H,1H3,(H,19,21). The number of aryl methyl sites for hydroxylation is 1. The van der Waals surface area contributed by atoms with E-state index >= 15 is 0 Å². The van der Waals surface area contributed by atoms with Crippen LogP contribution in [0.15, 0.2) is 53.5 Å². The number of rotatable bonds is 2. The van der Waals surface area contributed by atoms with Gasteiger partial charge in [0.05, 0.1) is 11.3 Å². The van der Waals surface area contributed by atoms with E-state index in [-0.39, 0.29) is 5.56 Å². The minimum Gasteiger partial charge on any atom is -0.267 e. The molecule has 0 aliphatic carbocycles. The molecule has 0 unspecified atom stereocenters. The number of nitrogens with one attached hydrogen (secondary N) is 1. The molecule has 3 aromatic rings. The minimum absolute atomic E-state index is 0.157. The zero-order valence-corrected chi connectivity index (χ0v) is 12.7. The van der Waals surface area contributed by atoms with Crippen molar-refractivity contribution >= 4 is 23.2 Å². The van der Waals surface area contributed by atoms with E-state index in [1.54, 1.807) is 29.1 Å². The second kappa shape index (κ2) is 5.43. The normalized spacial score (nSPS) is 10.8. The number of halogens is 2. The third kappa shape index (κ3) is 2.89. The Morgan fingerprint density at radius 3 is 2.24 bits per heavy atom. The van der Waals surface area contributed by atoms with Crippen molar-refractivity contribution < 1.29 is 0 Å². The maximum atomic E-state index is 12.1. The molecule has 0 aliphatic rings. The molecule has 2 aromatic carbocycles. The fourth-order valence-corrected chi connectivity index (χ4v) is 2.66. The summed E-state index contributed by atoms with van der Waals surface area (Å²) in [6, 6.07) is 12.9. The molecule has 1 heterocycles. The van der Waals surface area contributed by atoms with Crippen LogP contribution in [0.4, 0.5) is 0 Å². The highest BCUT2D eigenvalue weighted by Crippen LogP contribution is 2.23. The lowest BCUT2D eigenvalue weighted by atomic mass is 10.1. The van der Waals surface area contributed by atoms with E-state index in [1.165, 1.54) is 0 Å². The summed E-state index contributed by atoms with van der Waals surface area (Å²) in [5, 5.41) is 3.81. The van der Waals surface area contributed by atoms with Crippen molar-refractivity contribution in [1.29, 1.82) is 0 Å². The van der Waals surface area contributed by atoms with Crippen molar-refractivity contribution in [3.8, 4) is 16.8 Å². The molecule has 5 heteroatoms. The lowest BCUT2D eigenvalue weighted by Crippen LogP contribution is -2.05. The van der Waals surface area contributed by atoms with E-state index in [4.69, 9.17) is 23.2 Å². The van der Waals surface area contributed by atoms with Gasteiger partial charge in [-0.25, -0.2) is 0 Å². The van der Waals surface area contributed by atoms with Crippen LogP contribution in [0, 0.1) is 6.92 Å². The van der Waals surface area contributed by atoms with Gasteiger partial charge in [-0.3, -0.25) is 14.6 Å². The number of hydrogen-bond donors (Lipinski definition) is 1. The van der Waals surface area contributed by atoms with Crippen molar-refractivity contribution in [3.63, 3.8) is 0 Å². The highest BCUT2D eigenvalue weighted by Gasteiger charge is 2.09. The summed E-state index contributed by atoms with van der Waals surface area (Å²) in [6.45, 7) is 2.01. The molecule has 1 N–H and O–H groups in total. The molecule has 0 spiro atoms. The average Bonchev–Trinajstić information content (AvgIpc) is 2.81. The number of aromatic nitrogens is 2. The maximum absolute atomic E-state index is 12.1. The third-order valence-electron chi connectivity index (χ3n) is 3.21. The van der Waals surface area contributed by atoms with Gasteiger partial charge in [0.25, 0.3) is 5.56 Å². The Morgan fingerprint density at radius 1 is 1.00 bits per heavy atom. The number of nitrogens with zero attached hydrogens (tertiary/aromatic N) is 1. The van der Waals surface area contributed by atoms with Gasteiger partial charge in [-0.15, -0.1) is 0 Å². The van der Waals surface area contributed by atoms with E-state index in [1.807, 2.05) is 31.2 Å². The Bertz CT molecular complexity index is 827. The van der Waals surface area contributed by atoms with Crippen molar-refractivity contribution in [3.05, 3.63) is 74.6 Å². The van der Waals surface area contributed by atoms with Gasteiger partial charge >= 0.3 is 0 Å². The molecule has 1 aromatic heterocycles. The third-order valence-corrected chi connectivity index (χ3v) is 3.65. The van der Waals surface area contributed by atoms with Crippen LogP contribution in [0.2, 0.25) is 10.0 Å². The molecule has 106 valence electrons. The van der Waals surface area contributed by atoms with Crippen LogP contribution in [0.5, 0.6) is 0 Å². The summed E-state index contributed by atoms with van der Waals surface area (Å²) < 4.78 is 1.62. The molecule has 0 aliphatic heterocycles. The maximum Gasteiger partial charge on any atom is 0.272 e. The van der Waals surface area contributed by atoms with E-state index in [0.29, 0.717) is 21.3 Å². The smallest absolute Gasteiger partial charge is 0.267 e. The van der Waals surface area contributed by atoms with Crippen LogP contribution >= 0.6 is 23.2 Å². The van der Waals surface area contributed by atoms with Crippen molar-refractivity contribution in [2.45, 2.75) is 6.92 Å². The quantitative estimate of drug-likeness (QED) is 0.744. The van der Waals surface area contributed by atoms with Crippen LogP contribution in [0.1, 0.15) is 5.56 Å². The molecular weight excluding hydrogens is 307 g/mol. The largest absolute Gasteiger partial charge is 0.272 e. The zero-order chi connectivity index (χ0) is 15.0. The lowest BCUT2D eigenvalue weighted by molar-refractivity contribution is 0.864. The topological polar surface area (TPSA) is 37.8 Å². The summed E-state index contributed by atoms with van der Waals surface area (Å²) >= 11 is 12.0. The molecule has 0 bridgehead atoms. The molecule has 21 heavy (non-hydrogen) atoms. The van der Waals surface area contributed by atoms with Crippen molar-refractivity contribution in [2.24, 2.45) is 0 Å². The Balaban J connectivity index is 2.09. The van der Waals surface area contributed by atoms with Crippen LogP contribution in [0.3, 0.4) is 0 Å². The molecule has 0 atom stereocenters. The Kier molecular flexibility index (Phi) is 3.62.